The molecule has 2 N–H and O–H groups in total. The van der Waals surface area contributed by atoms with Gasteiger partial charge in [-0.05, 0) is 49.4 Å². The minimum Gasteiger partial charge on any atom is -0.495 e. The lowest BCUT2D eigenvalue weighted by Gasteiger charge is -2.10. The van der Waals surface area contributed by atoms with Gasteiger partial charge < -0.3 is 24.8 Å². The standard InChI is InChI=1S/C18H21ClN2O4/c1-3-24-14-5-7-15(8-6-14)25-11-10-20-18(22)21-13-4-9-17(23-2)16(19)12-13/h4-9,12H,3,10-11H2,1-2H3,(H2,20,21,22). The molecule has 0 radical (unpaired) electrons. The van der Waals surface area contributed by atoms with Crippen LogP contribution in [-0.2, 0) is 0 Å². The molecule has 0 fully saturated rings. The summed E-state index contributed by atoms with van der Waals surface area (Å²) in [6.07, 6.45) is 0. The number of anilines is 1. The molecule has 0 spiro atoms. The molecule has 0 saturated heterocycles. The molecular formula is C18H21ClN2O4. The third-order valence-electron chi connectivity index (χ3n) is 3.20. The Bertz CT molecular complexity index is 692. The van der Waals surface area contributed by atoms with Crippen LogP contribution in [0.15, 0.2) is 42.5 Å². The molecule has 0 atom stereocenters. The first-order valence-electron chi connectivity index (χ1n) is 7.86. The first-order chi connectivity index (χ1) is 12.1. The average Bonchev–Trinajstić information content (AvgIpc) is 2.60. The van der Waals surface area contributed by atoms with E-state index < -0.39 is 0 Å². The Balaban J connectivity index is 1.70. The number of methoxy groups -OCH3 is 1. The summed E-state index contributed by atoms with van der Waals surface area (Å²) < 4.78 is 16.0. The fraction of sp³-hybridized carbons (Fsp3) is 0.278. The number of carbonyl (C=O) groups excluding carboxylic acids is 1. The molecule has 0 bridgehead atoms. The summed E-state index contributed by atoms with van der Waals surface area (Å²) in [6.45, 7) is 3.27. The van der Waals surface area contributed by atoms with E-state index in [1.165, 1.54) is 7.11 Å². The predicted octanol–water partition coefficient (Wildman–Crippen LogP) is 3.95. The maximum absolute atomic E-state index is 11.8. The van der Waals surface area contributed by atoms with Gasteiger partial charge in [-0.2, -0.15) is 0 Å². The number of hydrogen-bond donors (Lipinski definition) is 2. The van der Waals surface area contributed by atoms with E-state index in [-0.39, 0.29) is 6.03 Å². The Morgan fingerprint density at radius 2 is 1.76 bits per heavy atom. The van der Waals surface area contributed by atoms with Crippen molar-refractivity contribution in [3.05, 3.63) is 47.5 Å². The fourth-order valence-corrected chi connectivity index (χ4v) is 2.31. The molecule has 0 aliphatic carbocycles. The van der Waals surface area contributed by atoms with E-state index in [1.807, 2.05) is 31.2 Å². The SMILES string of the molecule is CCOc1ccc(OCCNC(=O)Nc2ccc(OC)c(Cl)c2)cc1. The molecule has 0 aromatic heterocycles. The molecule has 6 nitrogen and oxygen atoms in total. The van der Waals surface area contributed by atoms with Gasteiger partial charge in [0.1, 0.15) is 23.9 Å². The Hall–Kier alpha value is -2.60. The van der Waals surface area contributed by atoms with Crippen LogP contribution in [0.1, 0.15) is 6.92 Å². The van der Waals surface area contributed by atoms with Crippen LogP contribution in [0.3, 0.4) is 0 Å². The number of urea groups is 1. The summed E-state index contributed by atoms with van der Waals surface area (Å²) in [6, 6.07) is 12.0. The molecule has 2 aromatic rings. The van der Waals surface area contributed by atoms with Crippen molar-refractivity contribution < 1.29 is 19.0 Å². The highest BCUT2D eigenvalue weighted by molar-refractivity contribution is 6.32. The van der Waals surface area contributed by atoms with E-state index >= 15 is 0 Å². The maximum atomic E-state index is 11.8. The molecule has 2 amide bonds. The number of benzene rings is 2. The Kier molecular flexibility index (Phi) is 7.22. The lowest BCUT2D eigenvalue weighted by atomic mass is 10.3. The zero-order valence-electron chi connectivity index (χ0n) is 14.2. The molecule has 0 aliphatic rings. The van der Waals surface area contributed by atoms with Gasteiger partial charge in [-0.15, -0.1) is 0 Å². The monoisotopic (exact) mass is 364 g/mol. The van der Waals surface area contributed by atoms with Crippen LogP contribution >= 0.6 is 11.6 Å². The zero-order valence-corrected chi connectivity index (χ0v) is 14.9. The van der Waals surface area contributed by atoms with Crippen molar-refractivity contribution in [2.75, 3.05) is 32.2 Å². The van der Waals surface area contributed by atoms with E-state index in [2.05, 4.69) is 10.6 Å². The lowest BCUT2D eigenvalue weighted by molar-refractivity contribution is 0.247. The largest absolute Gasteiger partial charge is 0.495 e. The van der Waals surface area contributed by atoms with E-state index in [4.69, 9.17) is 25.8 Å². The number of nitrogens with one attached hydrogen (secondary N) is 2. The van der Waals surface area contributed by atoms with Crippen LogP contribution in [0.5, 0.6) is 17.2 Å². The third kappa shape index (κ3) is 6.08. The highest BCUT2D eigenvalue weighted by atomic mass is 35.5. The highest BCUT2D eigenvalue weighted by Gasteiger charge is 2.05. The minimum atomic E-state index is -0.337. The summed E-state index contributed by atoms with van der Waals surface area (Å²) in [4.78, 5) is 11.8. The van der Waals surface area contributed by atoms with Gasteiger partial charge in [0.25, 0.3) is 0 Å². The molecule has 0 saturated carbocycles. The second-order valence-electron chi connectivity index (χ2n) is 4.98. The van der Waals surface area contributed by atoms with Crippen LogP contribution < -0.4 is 24.8 Å². The van der Waals surface area contributed by atoms with Crippen molar-refractivity contribution >= 4 is 23.3 Å². The summed E-state index contributed by atoms with van der Waals surface area (Å²) in [5.74, 6) is 2.06. The van der Waals surface area contributed by atoms with Crippen LogP contribution in [0.2, 0.25) is 5.02 Å². The van der Waals surface area contributed by atoms with Gasteiger partial charge in [0.05, 0.1) is 25.3 Å². The van der Waals surface area contributed by atoms with E-state index in [1.54, 1.807) is 18.2 Å². The molecular weight excluding hydrogens is 344 g/mol. The van der Waals surface area contributed by atoms with Crippen molar-refractivity contribution in [1.29, 1.82) is 0 Å². The number of rotatable bonds is 8. The van der Waals surface area contributed by atoms with Crippen molar-refractivity contribution in [2.24, 2.45) is 0 Å². The summed E-state index contributed by atoms with van der Waals surface area (Å²) >= 11 is 6.01. The fourth-order valence-electron chi connectivity index (χ4n) is 2.05. The van der Waals surface area contributed by atoms with E-state index in [9.17, 15) is 4.79 Å². The van der Waals surface area contributed by atoms with Crippen LogP contribution in [-0.4, -0.2) is 32.9 Å². The van der Waals surface area contributed by atoms with Gasteiger partial charge >= 0.3 is 6.03 Å². The van der Waals surface area contributed by atoms with Crippen LogP contribution in [0.25, 0.3) is 0 Å². The number of halogens is 1. The van der Waals surface area contributed by atoms with E-state index in [0.29, 0.717) is 42.0 Å². The summed E-state index contributed by atoms with van der Waals surface area (Å²) in [7, 11) is 1.53. The topological polar surface area (TPSA) is 68.8 Å². The van der Waals surface area contributed by atoms with Crippen molar-refractivity contribution in [3.63, 3.8) is 0 Å². The number of amides is 2. The minimum absolute atomic E-state index is 0.337. The average molecular weight is 365 g/mol. The number of hydrogen-bond acceptors (Lipinski definition) is 4. The van der Waals surface area contributed by atoms with E-state index in [0.717, 1.165) is 5.75 Å². The van der Waals surface area contributed by atoms with Crippen molar-refractivity contribution in [1.82, 2.24) is 5.32 Å². The predicted molar refractivity (Wildman–Crippen MR) is 98.1 cm³/mol. The normalized spacial score (nSPS) is 10.0. The summed E-state index contributed by atoms with van der Waals surface area (Å²) in [5, 5.41) is 5.83. The first kappa shape index (κ1) is 18.7. The van der Waals surface area contributed by atoms with Gasteiger partial charge in [-0.1, -0.05) is 11.6 Å². The molecule has 2 aromatic carbocycles. The van der Waals surface area contributed by atoms with Gasteiger partial charge in [0.15, 0.2) is 0 Å². The molecule has 0 unspecified atom stereocenters. The second-order valence-corrected chi connectivity index (χ2v) is 5.39. The van der Waals surface area contributed by atoms with Crippen molar-refractivity contribution in [2.45, 2.75) is 6.92 Å². The van der Waals surface area contributed by atoms with Gasteiger partial charge in [0, 0.05) is 5.69 Å². The Morgan fingerprint density at radius 3 is 2.36 bits per heavy atom. The van der Waals surface area contributed by atoms with Crippen molar-refractivity contribution in [3.8, 4) is 17.2 Å². The van der Waals surface area contributed by atoms with Gasteiger partial charge in [-0.3, -0.25) is 0 Å². The van der Waals surface area contributed by atoms with Crippen LogP contribution in [0.4, 0.5) is 10.5 Å². The Morgan fingerprint density at radius 1 is 1.08 bits per heavy atom. The van der Waals surface area contributed by atoms with Crippen LogP contribution in [0, 0.1) is 0 Å². The van der Waals surface area contributed by atoms with Gasteiger partial charge in [0.2, 0.25) is 0 Å². The third-order valence-corrected chi connectivity index (χ3v) is 3.50. The number of carbonyl (C=O) groups is 1. The quantitative estimate of drug-likeness (QED) is 0.696. The molecule has 25 heavy (non-hydrogen) atoms. The summed E-state index contributed by atoms with van der Waals surface area (Å²) in [5.41, 5.74) is 0.579. The first-order valence-corrected chi connectivity index (χ1v) is 8.24. The van der Waals surface area contributed by atoms with Gasteiger partial charge in [-0.25, -0.2) is 4.79 Å². The highest BCUT2D eigenvalue weighted by Crippen LogP contribution is 2.27. The molecule has 2 rings (SSSR count). The Labute approximate surface area is 152 Å². The molecule has 7 heteroatoms. The molecule has 0 heterocycles. The second kappa shape index (κ2) is 9.64. The maximum Gasteiger partial charge on any atom is 0.319 e. The molecule has 134 valence electrons. The lowest BCUT2D eigenvalue weighted by Crippen LogP contribution is -2.32. The number of ether oxygens (including phenoxy) is 3. The zero-order chi connectivity index (χ0) is 18.1. The molecule has 0 aliphatic heterocycles. The smallest absolute Gasteiger partial charge is 0.319 e.